The van der Waals surface area contributed by atoms with Gasteiger partial charge in [-0.2, -0.15) is 0 Å². The van der Waals surface area contributed by atoms with E-state index in [0.29, 0.717) is 24.2 Å². The summed E-state index contributed by atoms with van der Waals surface area (Å²) in [7, 11) is -2.08. The average Bonchev–Trinajstić information content (AvgIpc) is 2.85. The fourth-order valence-corrected chi connectivity index (χ4v) is 4.48. The Morgan fingerprint density at radius 1 is 1.40 bits per heavy atom. The van der Waals surface area contributed by atoms with Crippen LogP contribution in [0.3, 0.4) is 0 Å². The smallest absolute Gasteiger partial charge is 0.338 e. The fraction of sp³-hybridized carbons (Fsp3) is 0.500. The third-order valence-corrected chi connectivity index (χ3v) is 5.80. The zero-order chi connectivity index (χ0) is 14.8. The van der Waals surface area contributed by atoms with E-state index in [0.717, 1.165) is 0 Å². The Balaban J connectivity index is 2.28. The highest BCUT2D eigenvalue weighted by molar-refractivity contribution is 7.91. The van der Waals surface area contributed by atoms with Crippen LogP contribution in [0.4, 0.5) is 0 Å². The van der Waals surface area contributed by atoms with Crippen LogP contribution in [0.5, 0.6) is 0 Å². The second-order valence-corrected chi connectivity index (χ2v) is 7.08. The minimum atomic E-state index is -3.36. The Bertz CT molecular complexity index is 593. The monoisotopic (exact) mass is 298 g/mol. The topological polar surface area (TPSA) is 69.7 Å². The first-order valence-corrected chi connectivity index (χ1v) is 8.16. The van der Waals surface area contributed by atoms with Gasteiger partial charge in [-0.15, -0.1) is 0 Å². The van der Waals surface area contributed by atoms with Crippen molar-refractivity contribution in [3.63, 3.8) is 0 Å². The highest BCUT2D eigenvalue weighted by Crippen LogP contribution is 2.25. The van der Waals surface area contributed by atoms with Gasteiger partial charge in [0.1, 0.15) is 0 Å². The molecule has 0 N–H and O–H groups in total. The lowest BCUT2D eigenvalue weighted by atomic mass is 10.1. The molecule has 1 aromatic rings. The average molecular weight is 298 g/mol. The first-order valence-electron chi connectivity index (χ1n) is 6.45. The summed E-state index contributed by atoms with van der Waals surface area (Å²) in [5, 5.41) is -0.506. The van der Waals surface area contributed by atoms with E-state index in [1.165, 1.54) is 7.11 Å². The van der Waals surface area contributed by atoms with Crippen LogP contribution in [0, 0.1) is 0 Å². The van der Waals surface area contributed by atoms with E-state index >= 15 is 0 Å². The number of carbonyl (C=O) groups is 1. The molecule has 0 aliphatic carbocycles. The number of hydrogen-bond acceptors (Lipinski definition) is 5. The van der Waals surface area contributed by atoms with Crippen molar-refractivity contribution in [1.82, 2.24) is 0 Å². The SMILES string of the molecule is COC(=O)c1ccccc1CS(=O)(=O)C1CCOC1C. The van der Waals surface area contributed by atoms with Crippen LogP contribution in [-0.2, 0) is 25.1 Å². The van der Waals surface area contributed by atoms with Crippen LogP contribution >= 0.6 is 0 Å². The predicted octanol–water partition coefficient (Wildman–Crippen LogP) is 1.57. The Morgan fingerprint density at radius 2 is 2.10 bits per heavy atom. The second kappa shape index (κ2) is 5.93. The molecular weight excluding hydrogens is 280 g/mol. The summed E-state index contributed by atoms with van der Waals surface area (Å²) < 4.78 is 34.9. The predicted molar refractivity (Wildman–Crippen MR) is 74.2 cm³/mol. The maximum Gasteiger partial charge on any atom is 0.338 e. The summed E-state index contributed by atoms with van der Waals surface area (Å²) in [5.41, 5.74) is 0.767. The minimum absolute atomic E-state index is 0.170. The molecule has 20 heavy (non-hydrogen) atoms. The molecule has 0 amide bonds. The van der Waals surface area contributed by atoms with Crippen molar-refractivity contribution in [1.29, 1.82) is 0 Å². The number of esters is 1. The van der Waals surface area contributed by atoms with E-state index in [4.69, 9.17) is 4.74 Å². The molecule has 110 valence electrons. The Morgan fingerprint density at radius 3 is 2.70 bits per heavy atom. The van der Waals surface area contributed by atoms with E-state index in [-0.39, 0.29) is 11.9 Å². The van der Waals surface area contributed by atoms with Crippen LogP contribution in [-0.4, -0.2) is 39.5 Å². The summed E-state index contributed by atoms with van der Waals surface area (Å²) in [4.78, 5) is 11.7. The largest absolute Gasteiger partial charge is 0.465 e. The molecule has 1 aromatic carbocycles. The number of hydrogen-bond donors (Lipinski definition) is 0. The van der Waals surface area contributed by atoms with Gasteiger partial charge in [-0.3, -0.25) is 0 Å². The highest BCUT2D eigenvalue weighted by atomic mass is 32.2. The van der Waals surface area contributed by atoms with Crippen molar-refractivity contribution >= 4 is 15.8 Å². The molecule has 1 heterocycles. The van der Waals surface area contributed by atoms with Gasteiger partial charge >= 0.3 is 5.97 Å². The van der Waals surface area contributed by atoms with Crippen LogP contribution in [0.15, 0.2) is 24.3 Å². The van der Waals surface area contributed by atoms with Gasteiger partial charge in [-0.05, 0) is 25.0 Å². The van der Waals surface area contributed by atoms with Gasteiger partial charge in [0.2, 0.25) is 0 Å². The van der Waals surface area contributed by atoms with Crippen molar-refractivity contribution in [2.75, 3.05) is 13.7 Å². The lowest BCUT2D eigenvalue weighted by molar-refractivity contribution is 0.0600. The molecule has 5 nitrogen and oxygen atoms in total. The number of ether oxygens (including phenoxy) is 2. The molecule has 0 bridgehead atoms. The van der Waals surface area contributed by atoms with Gasteiger partial charge in [0.15, 0.2) is 9.84 Å². The molecule has 1 fully saturated rings. The summed E-state index contributed by atoms with van der Waals surface area (Å²) in [6.07, 6.45) is 0.203. The fourth-order valence-electron chi connectivity index (χ4n) is 2.46. The standard InChI is InChI=1S/C14H18O5S/c1-10-13(7-8-19-10)20(16,17)9-11-5-3-4-6-12(11)14(15)18-2/h3-6,10,13H,7-9H2,1-2H3. The van der Waals surface area contributed by atoms with Crippen LogP contribution in [0.25, 0.3) is 0 Å². The number of rotatable bonds is 4. The molecule has 1 saturated heterocycles. The molecule has 0 spiro atoms. The first kappa shape index (κ1) is 15.0. The van der Waals surface area contributed by atoms with Crippen molar-refractivity contribution in [2.24, 2.45) is 0 Å². The zero-order valence-corrected chi connectivity index (χ0v) is 12.4. The van der Waals surface area contributed by atoms with Crippen molar-refractivity contribution in [3.05, 3.63) is 35.4 Å². The molecule has 2 unspecified atom stereocenters. The first-order chi connectivity index (χ1) is 9.45. The quantitative estimate of drug-likeness (QED) is 0.789. The second-order valence-electron chi connectivity index (χ2n) is 4.86. The van der Waals surface area contributed by atoms with Gasteiger partial charge < -0.3 is 9.47 Å². The number of carbonyl (C=O) groups excluding carboxylic acids is 1. The van der Waals surface area contributed by atoms with Crippen molar-refractivity contribution in [3.8, 4) is 0 Å². The lowest BCUT2D eigenvalue weighted by Gasteiger charge is -2.16. The van der Waals surface area contributed by atoms with Gasteiger partial charge in [-0.25, -0.2) is 13.2 Å². The Kier molecular flexibility index (Phi) is 4.45. The van der Waals surface area contributed by atoms with Gasteiger partial charge in [0.25, 0.3) is 0 Å². The van der Waals surface area contributed by atoms with Crippen LogP contribution < -0.4 is 0 Å². The molecule has 0 radical (unpaired) electrons. The highest BCUT2D eigenvalue weighted by Gasteiger charge is 2.36. The van der Waals surface area contributed by atoms with E-state index in [1.54, 1.807) is 31.2 Å². The van der Waals surface area contributed by atoms with Gasteiger partial charge in [0.05, 0.1) is 29.8 Å². The molecule has 2 atom stereocenters. The van der Waals surface area contributed by atoms with E-state index in [2.05, 4.69) is 4.74 Å². The number of sulfone groups is 1. The third-order valence-electron chi connectivity index (χ3n) is 3.55. The van der Waals surface area contributed by atoms with Gasteiger partial charge in [-0.1, -0.05) is 18.2 Å². The molecule has 1 aliphatic rings. The Labute approximate surface area is 118 Å². The summed E-state index contributed by atoms with van der Waals surface area (Å²) in [6.45, 7) is 2.23. The molecule has 6 heteroatoms. The number of methoxy groups -OCH3 is 1. The van der Waals surface area contributed by atoms with E-state index in [1.807, 2.05) is 0 Å². The third kappa shape index (κ3) is 3.02. The van der Waals surface area contributed by atoms with Gasteiger partial charge in [0, 0.05) is 6.61 Å². The van der Waals surface area contributed by atoms with Crippen LogP contribution in [0.2, 0.25) is 0 Å². The van der Waals surface area contributed by atoms with Crippen LogP contribution in [0.1, 0.15) is 29.3 Å². The maximum atomic E-state index is 12.4. The molecule has 2 rings (SSSR count). The van der Waals surface area contributed by atoms with E-state index in [9.17, 15) is 13.2 Å². The number of benzene rings is 1. The molecular formula is C14H18O5S. The maximum absolute atomic E-state index is 12.4. The van der Waals surface area contributed by atoms with Crippen molar-refractivity contribution < 1.29 is 22.7 Å². The normalized spacial score (nSPS) is 22.7. The van der Waals surface area contributed by atoms with E-state index < -0.39 is 21.1 Å². The molecule has 1 aliphatic heterocycles. The summed E-state index contributed by atoms with van der Waals surface area (Å²) >= 11 is 0. The molecule has 0 saturated carbocycles. The minimum Gasteiger partial charge on any atom is -0.465 e. The zero-order valence-electron chi connectivity index (χ0n) is 11.5. The molecule has 0 aromatic heterocycles. The Hall–Kier alpha value is -1.40. The summed E-state index contributed by atoms with van der Waals surface area (Å²) in [5.74, 6) is -0.692. The lowest BCUT2D eigenvalue weighted by Crippen LogP contribution is -2.29. The van der Waals surface area contributed by atoms with Crippen molar-refractivity contribution in [2.45, 2.75) is 30.5 Å². The summed E-state index contributed by atoms with van der Waals surface area (Å²) in [6, 6.07) is 6.62.